The Kier molecular flexibility index (Phi) is 7.44. The lowest BCUT2D eigenvalue weighted by Crippen LogP contribution is -2.48. The number of hydrogen-bond donors (Lipinski definition) is 0. The number of likely N-dealkylation sites (tertiary alicyclic amines) is 1. The third-order valence-electron chi connectivity index (χ3n) is 8.38. The van der Waals surface area contributed by atoms with E-state index in [0.29, 0.717) is 46.8 Å². The van der Waals surface area contributed by atoms with Crippen molar-refractivity contribution < 1.29 is 27.6 Å². The average Bonchev–Trinajstić information content (AvgIpc) is 3.41. The number of pyridine rings is 2. The summed E-state index contributed by atoms with van der Waals surface area (Å²) < 4.78 is 42.2. The topological polar surface area (TPSA) is 86.7 Å². The lowest BCUT2D eigenvalue weighted by molar-refractivity contribution is -0.142. The van der Waals surface area contributed by atoms with Gasteiger partial charge in [-0.2, -0.15) is 13.2 Å². The van der Waals surface area contributed by atoms with E-state index >= 15 is 0 Å². The molecule has 218 valence electrons. The van der Waals surface area contributed by atoms with Gasteiger partial charge in [-0.3, -0.25) is 24.3 Å². The number of nitrogens with zero attached hydrogens (tertiary/aromatic N) is 5. The number of hydrogen-bond acceptors (Lipinski definition) is 7. The van der Waals surface area contributed by atoms with Gasteiger partial charge in [0.2, 0.25) is 11.8 Å². The zero-order valence-corrected chi connectivity index (χ0v) is 24.4. The fraction of sp³-hybridized carbons (Fsp3) is 0.483. The molecule has 12 heteroatoms. The van der Waals surface area contributed by atoms with E-state index in [1.165, 1.54) is 29.4 Å². The van der Waals surface area contributed by atoms with Gasteiger partial charge in [-0.15, -0.1) is 11.3 Å². The van der Waals surface area contributed by atoms with Crippen molar-refractivity contribution in [1.82, 2.24) is 24.7 Å². The largest absolute Gasteiger partial charge is 0.433 e. The highest BCUT2D eigenvalue weighted by molar-refractivity contribution is 7.19. The Morgan fingerprint density at radius 2 is 1.83 bits per heavy atom. The van der Waals surface area contributed by atoms with Crippen LogP contribution in [-0.4, -0.2) is 75.1 Å². The quantitative estimate of drug-likeness (QED) is 0.391. The van der Waals surface area contributed by atoms with Crippen LogP contribution in [0.5, 0.6) is 0 Å². The second-order valence-corrected chi connectivity index (χ2v) is 12.4. The van der Waals surface area contributed by atoms with Gasteiger partial charge in [0.05, 0.1) is 33.4 Å². The monoisotopic (exact) mass is 587 g/mol. The maximum absolute atomic E-state index is 13.9. The zero-order valence-electron chi connectivity index (χ0n) is 23.6. The Balaban J connectivity index is 1.59. The molecule has 3 aromatic rings. The van der Waals surface area contributed by atoms with Gasteiger partial charge in [-0.05, 0) is 37.2 Å². The standard InChI is InChI=1S/C29H32F3N5O3S/c1-6-35-9-11-36(12-10-35)26(39)22-16(2)13-21(29(30,31)32)34-23(22)19-7-8-33-20-14-18(41-24(19)20)15-37-25(38)17(3)28(4,5)27(37)40/h7-8,13-14,17H,6,9-12,15H2,1-5H3. The molecular formula is C29H32F3N5O3S. The molecule has 0 bridgehead atoms. The van der Waals surface area contributed by atoms with Crippen molar-refractivity contribution in [3.05, 3.63) is 46.1 Å². The Bertz CT molecular complexity index is 1540. The molecular weight excluding hydrogens is 555 g/mol. The van der Waals surface area contributed by atoms with Gasteiger partial charge in [-0.25, -0.2) is 4.98 Å². The number of alkyl halides is 3. The van der Waals surface area contributed by atoms with E-state index in [9.17, 15) is 27.6 Å². The van der Waals surface area contributed by atoms with Gasteiger partial charge in [0.15, 0.2) is 0 Å². The highest BCUT2D eigenvalue weighted by Crippen LogP contribution is 2.41. The van der Waals surface area contributed by atoms with Crippen molar-refractivity contribution in [2.45, 2.75) is 47.3 Å². The Hall–Kier alpha value is -3.38. The van der Waals surface area contributed by atoms with Gasteiger partial charge in [-0.1, -0.05) is 27.7 Å². The number of rotatable bonds is 5. The number of thiophene rings is 1. The molecule has 1 atom stereocenters. The molecule has 2 fully saturated rings. The van der Waals surface area contributed by atoms with Crippen LogP contribution in [0.4, 0.5) is 13.2 Å². The molecule has 3 aromatic heterocycles. The molecule has 0 N–H and O–H groups in total. The van der Waals surface area contributed by atoms with Crippen LogP contribution in [0.3, 0.4) is 0 Å². The van der Waals surface area contributed by atoms with Crippen LogP contribution in [0, 0.1) is 18.3 Å². The lowest BCUT2D eigenvalue weighted by atomic mass is 9.82. The van der Waals surface area contributed by atoms with Gasteiger partial charge < -0.3 is 9.80 Å². The van der Waals surface area contributed by atoms with E-state index in [4.69, 9.17) is 0 Å². The number of halogens is 3. The first-order valence-corrected chi connectivity index (χ1v) is 14.4. The summed E-state index contributed by atoms with van der Waals surface area (Å²) in [5, 5.41) is 0. The first-order chi connectivity index (χ1) is 19.2. The molecule has 5 heterocycles. The molecule has 5 rings (SSSR count). The molecule has 8 nitrogen and oxygen atoms in total. The van der Waals surface area contributed by atoms with Crippen molar-refractivity contribution in [3.63, 3.8) is 0 Å². The number of likely N-dealkylation sites (N-methyl/N-ethyl adjacent to an activating group) is 1. The molecule has 2 saturated heterocycles. The van der Waals surface area contributed by atoms with E-state index in [-0.39, 0.29) is 41.1 Å². The summed E-state index contributed by atoms with van der Waals surface area (Å²) in [6.07, 6.45) is -3.24. The molecule has 3 amide bonds. The van der Waals surface area contributed by atoms with Crippen LogP contribution in [0.2, 0.25) is 0 Å². The maximum Gasteiger partial charge on any atom is 0.433 e. The summed E-state index contributed by atoms with van der Waals surface area (Å²) in [6.45, 7) is 11.9. The van der Waals surface area contributed by atoms with E-state index < -0.39 is 23.2 Å². The number of fused-ring (bicyclic) bond motifs is 1. The number of aromatic nitrogens is 2. The van der Waals surface area contributed by atoms with Crippen molar-refractivity contribution in [2.24, 2.45) is 11.3 Å². The number of carbonyl (C=O) groups is 3. The predicted octanol–water partition coefficient (Wildman–Crippen LogP) is 4.99. The third kappa shape index (κ3) is 5.12. The molecule has 0 saturated carbocycles. The fourth-order valence-corrected chi connectivity index (χ4v) is 6.56. The van der Waals surface area contributed by atoms with Gasteiger partial charge in [0.25, 0.3) is 5.91 Å². The number of aryl methyl sites for hydroxylation is 1. The Labute approximate surface area is 240 Å². The number of carbonyl (C=O) groups excluding carboxylic acids is 3. The van der Waals surface area contributed by atoms with Crippen LogP contribution in [-0.2, 0) is 22.3 Å². The van der Waals surface area contributed by atoms with Crippen molar-refractivity contribution in [2.75, 3.05) is 32.7 Å². The summed E-state index contributed by atoms with van der Waals surface area (Å²) in [4.78, 5) is 53.8. The second-order valence-electron chi connectivity index (χ2n) is 11.2. The summed E-state index contributed by atoms with van der Waals surface area (Å²) in [7, 11) is 0. The SMILES string of the molecule is CCN1CCN(C(=O)c2c(C)cc(C(F)(F)F)nc2-c2ccnc3cc(CN4C(=O)C(C)C(C)(C)C4=O)sc23)CC1. The average molecular weight is 588 g/mol. The highest BCUT2D eigenvalue weighted by atomic mass is 32.1. The van der Waals surface area contributed by atoms with Gasteiger partial charge in [0, 0.05) is 48.7 Å². The molecule has 0 aromatic carbocycles. The smallest absolute Gasteiger partial charge is 0.336 e. The summed E-state index contributed by atoms with van der Waals surface area (Å²) >= 11 is 1.23. The van der Waals surface area contributed by atoms with E-state index in [2.05, 4.69) is 14.9 Å². The third-order valence-corrected chi connectivity index (χ3v) is 9.52. The van der Waals surface area contributed by atoms with Crippen molar-refractivity contribution >= 4 is 39.3 Å². The van der Waals surface area contributed by atoms with E-state index in [1.54, 1.807) is 37.8 Å². The van der Waals surface area contributed by atoms with Crippen LogP contribution < -0.4 is 0 Å². The minimum Gasteiger partial charge on any atom is -0.336 e. The second kappa shape index (κ2) is 10.5. The summed E-state index contributed by atoms with van der Waals surface area (Å²) in [6, 6.07) is 4.21. The molecule has 0 radical (unpaired) electrons. The van der Waals surface area contributed by atoms with Gasteiger partial charge >= 0.3 is 6.18 Å². The van der Waals surface area contributed by atoms with Crippen LogP contribution in [0.25, 0.3) is 21.5 Å². The van der Waals surface area contributed by atoms with Crippen LogP contribution in [0.15, 0.2) is 24.4 Å². The lowest BCUT2D eigenvalue weighted by Gasteiger charge is -2.34. The normalized spacial score (nSPS) is 20.0. The number of piperazine rings is 1. The number of amides is 3. The van der Waals surface area contributed by atoms with E-state index in [0.717, 1.165) is 12.6 Å². The Morgan fingerprint density at radius 3 is 2.41 bits per heavy atom. The van der Waals surface area contributed by atoms with Crippen molar-refractivity contribution in [3.8, 4) is 11.3 Å². The molecule has 1 unspecified atom stereocenters. The highest BCUT2D eigenvalue weighted by Gasteiger charge is 2.51. The summed E-state index contributed by atoms with van der Waals surface area (Å²) in [5.74, 6) is -1.37. The van der Waals surface area contributed by atoms with Crippen LogP contribution >= 0.6 is 11.3 Å². The molecule has 2 aliphatic rings. The molecule has 0 aliphatic carbocycles. The first-order valence-electron chi connectivity index (χ1n) is 13.6. The fourth-order valence-electron chi connectivity index (χ4n) is 5.44. The maximum atomic E-state index is 13.9. The van der Waals surface area contributed by atoms with Gasteiger partial charge in [0.1, 0.15) is 5.69 Å². The Morgan fingerprint density at radius 1 is 1.15 bits per heavy atom. The minimum absolute atomic E-state index is 0.0362. The molecule has 41 heavy (non-hydrogen) atoms. The molecule has 2 aliphatic heterocycles. The predicted molar refractivity (Wildman–Crippen MR) is 149 cm³/mol. The van der Waals surface area contributed by atoms with E-state index in [1.807, 2.05) is 6.92 Å². The summed E-state index contributed by atoms with van der Waals surface area (Å²) in [5.41, 5.74) is -0.798. The molecule has 0 spiro atoms. The van der Waals surface area contributed by atoms with Crippen LogP contribution in [0.1, 0.15) is 54.2 Å². The first kappa shape index (κ1) is 29.1. The number of imide groups is 1. The van der Waals surface area contributed by atoms with Crippen molar-refractivity contribution in [1.29, 1.82) is 0 Å². The zero-order chi connectivity index (χ0) is 29.9. The minimum atomic E-state index is -4.71.